The molecule has 0 spiro atoms. The van der Waals surface area contributed by atoms with Gasteiger partial charge in [0, 0.05) is 31.1 Å². The zero-order valence-electron chi connectivity index (χ0n) is 22.7. The zero-order chi connectivity index (χ0) is 31.0. The van der Waals surface area contributed by atoms with E-state index in [1.54, 1.807) is 6.92 Å². The van der Waals surface area contributed by atoms with Gasteiger partial charge in [-0.1, -0.05) is 16.9 Å². The third-order valence-corrected chi connectivity index (χ3v) is 12.0. The van der Waals surface area contributed by atoms with Gasteiger partial charge in [0.05, 0.1) is 16.8 Å². The van der Waals surface area contributed by atoms with Crippen molar-refractivity contribution in [3.63, 3.8) is 0 Å². The van der Waals surface area contributed by atoms with Crippen LogP contribution in [-0.4, -0.2) is 65.0 Å². The molecule has 0 amide bonds. The summed E-state index contributed by atoms with van der Waals surface area (Å²) in [6, 6.07) is 2.85. The van der Waals surface area contributed by atoms with Crippen molar-refractivity contribution >= 4 is 47.9 Å². The Labute approximate surface area is 242 Å². The highest BCUT2D eigenvalue weighted by Crippen LogP contribution is 2.43. The molecule has 2 aromatic heterocycles. The molecule has 5 rings (SSSR count). The molecule has 1 fully saturated rings. The molecule has 0 bridgehead atoms. The summed E-state index contributed by atoms with van der Waals surface area (Å²) >= 11 is 0.200. The number of benzene rings is 1. The van der Waals surface area contributed by atoms with Crippen molar-refractivity contribution in [3.05, 3.63) is 28.0 Å². The molecule has 1 aliphatic carbocycles. The SMILES string of the molecule is CC1=C(c2c(F)c(S(=O)(=O)NC3(C#N)CC3)cc3c(-c4nnc(C(F)(F)F)s4)nn(C)c23)CCN(S(=O)(=O)C(C)C)C1. The number of sulfonamides is 2. The Morgan fingerprint density at radius 3 is 2.38 bits per heavy atom. The van der Waals surface area contributed by atoms with Gasteiger partial charge in [-0.05, 0) is 51.7 Å². The van der Waals surface area contributed by atoms with Crippen molar-refractivity contribution in [2.24, 2.45) is 7.05 Å². The van der Waals surface area contributed by atoms with E-state index < -0.39 is 52.7 Å². The van der Waals surface area contributed by atoms with Gasteiger partial charge in [0.2, 0.25) is 25.1 Å². The number of rotatable bonds is 7. The van der Waals surface area contributed by atoms with Crippen molar-refractivity contribution in [2.75, 3.05) is 13.1 Å². The first-order valence-electron chi connectivity index (χ1n) is 12.7. The first-order chi connectivity index (χ1) is 19.4. The molecule has 3 heterocycles. The van der Waals surface area contributed by atoms with E-state index in [1.807, 2.05) is 6.07 Å². The number of nitrogens with zero attached hydrogens (tertiary/aromatic N) is 6. The van der Waals surface area contributed by atoms with Crippen LogP contribution >= 0.6 is 11.3 Å². The van der Waals surface area contributed by atoms with Crippen molar-refractivity contribution in [3.8, 4) is 16.8 Å². The van der Waals surface area contributed by atoms with Gasteiger partial charge in [-0.25, -0.2) is 21.2 Å². The molecule has 2 aliphatic rings. The van der Waals surface area contributed by atoms with Crippen LogP contribution in [0.25, 0.3) is 27.2 Å². The fourth-order valence-corrected chi connectivity index (χ4v) is 8.38. The Morgan fingerprint density at radius 2 is 1.86 bits per heavy atom. The maximum atomic E-state index is 16.5. The standard InChI is InChI=1S/C24H25F4N7O4S3/c1-12(2)42(38,39)35-8-5-14(13(3)10-35)17-18(25)16(41(36,37)33-23(11-29)6-7-23)9-15-19(32-34(4)20(15)17)21-30-31-22(40-21)24(26,27)28/h9,12,33H,5-8,10H2,1-4H3. The van der Waals surface area contributed by atoms with Crippen LogP contribution in [0.3, 0.4) is 0 Å². The normalized spacial score (nSPS) is 18.2. The van der Waals surface area contributed by atoms with Crippen LogP contribution in [0.4, 0.5) is 17.6 Å². The minimum atomic E-state index is -4.78. The van der Waals surface area contributed by atoms with E-state index in [1.165, 1.54) is 29.9 Å². The molecular formula is C24H25F4N7O4S3. The summed E-state index contributed by atoms with van der Waals surface area (Å²) in [5.41, 5.74) is -0.810. The number of halogens is 4. The monoisotopic (exact) mass is 647 g/mol. The smallest absolute Gasteiger partial charge is 0.266 e. The van der Waals surface area contributed by atoms with E-state index >= 15 is 4.39 Å². The van der Waals surface area contributed by atoms with Crippen LogP contribution in [-0.2, 0) is 33.3 Å². The summed E-state index contributed by atoms with van der Waals surface area (Å²) in [6.45, 7) is 4.61. The number of hydrogen-bond acceptors (Lipinski definition) is 9. The Kier molecular flexibility index (Phi) is 7.29. The molecule has 18 heteroatoms. The summed E-state index contributed by atoms with van der Waals surface area (Å²) in [6.07, 6.45) is -4.29. The van der Waals surface area contributed by atoms with Gasteiger partial charge in [-0.3, -0.25) is 4.68 Å². The summed E-state index contributed by atoms with van der Waals surface area (Å²) in [7, 11) is -6.86. The third-order valence-electron chi connectivity index (χ3n) is 7.28. The molecule has 1 saturated carbocycles. The van der Waals surface area contributed by atoms with E-state index in [4.69, 9.17) is 0 Å². The average Bonchev–Trinajstić information content (AvgIpc) is 3.32. The zero-order valence-corrected chi connectivity index (χ0v) is 25.2. The molecule has 0 radical (unpaired) electrons. The Balaban J connectivity index is 1.76. The Hall–Kier alpha value is -2.98. The van der Waals surface area contributed by atoms with Crippen LogP contribution in [0.15, 0.2) is 16.5 Å². The lowest BCUT2D eigenvalue weighted by atomic mass is 9.92. The van der Waals surface area contributed by atoms with E-state index in [2.05, 4.69) is 20.0 Å². The lowest BCUT2D eigenvalue weighted by Crippen LogP contribution is -2.40. The predicted octanol–water partition coefficient (Wildman–Crippen LogP) is 3.80. The summed E-state index contributed by atoms with van der Waals surface area (Å²) in [4.78, 5) is -0.820. The van der Waals surface area contributed by atoms with Crippen LogP contribution in [0, 0.1) is 17.1 Å². The van der Waals surface area contributed by atoms with E-state index in [9.17, 15) is 35.3 Å². The molecule has 3 aromatic rings. The van der Waals surface area contributed by atoms with Crippen LogP contribution in [0.2, 0.25) is 0 Å². The second-order valence-electron chi connectivity index (χ2n) is 10.6. The van der Waals surface area contributed by atoms with Gasteiger partial charge < -0.3 is 0 Å². The molecule has 1 N–H and O–H groups in total. The molecule has 0 unspecified atom stereocenters. The number of nitrogens with one attached hydrogen (secondary N) is 1. The summed E-state index contributed by atoms with van der Waals surface area (Å²) in [5, 5.41) is 18.3. The molecular weight excluding hydrogens is 623 g/mol. The fraction of sp³-hybridized carbons (Fsp3) is 0.500. The number of nitriles is 1. The average molecular weight is 648 g/mol. The second kappa shape index (κ2) is 10.0. The molecule has 0 saturated heterocycles. The largest absolute Gasteiger partial charge is 0.445 e. The maximum absolute atomic E-state index is 16.5. The Bertz CT molecular complexity index is 1900. The first kappa shape index (κ1) is 30.5. The van der Waals surface area contributed by atoms with Crippen molar-refractivity contribution in [2.45, 2.75) is 61.9 Å². The predicted molar refractivity (Wildman–Crippen MR) is 145 cm³/mol. The lowest BCUT2D eigenvalue weighted by Gasteiger charge is -2.31. The quantitative estimate of drug-likeness (QED) is 0.381. The highest BCUT2D eigenvalue weighted by molar-refractivity contribution is 7.90. The third kappa shape index (κ3) is 5.10. The van der Waals surface area contributed by atoms with Gasteiger partial charge in [0.25, 0.3) is 0 Å². The number of aromatic nitrogens is 4. The number of aryl methyl sites for hydroxylation is 1. The van der Waals surface area contributed by atoms with Gasteiger partial charge in [0.1, 0.15) is 16.1 Å². The topological polar surface area (TPSA) is 151 Å². The molecule has 226 valence electrons. The molecule has 42 heavy (non-hydrogen) atoms. The van der Waals surface area contributed by atoms with Gasteiger partial charge in [-0.2, -0.15) is 32.6 Å². The molecule has 1 aromatic carbocycles. The highest BCUT2D eigenvalue weighted by atomic mass is 32.2. The Morgan fingerprint density at radius 1 is 1.19 bits per heavy atom. The van der Waals surface area contributed by atoms with Gasteiger partial charge in [-0.15, -0.1) is 10.2 Å². The van der Waals surface area contributed by atoms with Crippen molar-refractivity contribution in [1.82, 2.24) is 29.0 Å². The van der Waals surface area contributed by atoms with Crippen LogP contribution in [0.5, 0.6) is 0 Å². The molecule has 0 atom stereocenters. The summed E-state index contributed by atoms with van der Waals surface area (Å²) < 4.78 is 114. The minimum Gasteiger partial charge on any atom is -0.266 e. The number of fused-ring (bicyclic) bond motifs is 1. The van der Waals surface area contributed by atoms with Crippen LogP contribution in [0.1, 0.15) is 50.6 Å². The maximum Gasteiger partial charge on any atom is 0.445 e. The first-order valence-corrected chi connectivity index (χ1v) is 16.5. The van der Waals surface area contributed by atoms with Crippen molar-refractivity contribution in [1.29, 1.82) is 5.26 Å². The van der Waals surface area contributed by atoms with E-state index in [0.717, 1.165) is 6.07 Å². The van der Waals surface area contributed by atoms with Crippen LogP contribution < -0.4 is 4.72 Å². The van der Waals surface area contributed by atoms with E-state index in [-0.39, 0.29) is 70.9 Å². The lowest BCUT2D eigenvalue weighted by molar-refractivity contribution is -0.138. The van der Waals surface area contributed by atoms with E-state index in [0.29, 0.717) is 11.1 Å². The summed E-state index contributed by atoms with van der Waals surface area (Å²) in [5.74, 6) is -1.15. The fourth-order valence-electron chi connectivity index (χ4n) is 4.87. The molecule has 11 nitrogen and oxygen atoms in total. The van der Waals surface area contributed by atoms with Gasteiger partial charge in [0.15, 0.2) is 10.8 Å². The second-order valence-corrected chi connectivity index (χ2v) is 15.7. The number of hydrogen-bond donors (Lipinski definition) is 1. The van der Waals surface area contributed by atoms with Gasteiger partial charge >= 0.3 is 6.18 Å². The molecule has 1 aliphatic heterocycles. The van der Waals surface area contributed by atoms with Crippen molar-refractivity contribution < 1.29 is 34.4 Å². The minimum absolute atomic E-state index is 0.00140. The number of alkyl halides is 3. The highest BCUT2D eigenvalue weighted by Gasteiger charge is 2.48.